The molecule has 0 saturated heterocycles. The van der Waals surface area contributed by atoms with Crippen molar-refractivity contribution in [1.29, 1.82) is 0 Å². The Kier molecular flexibility index (Phi) is 1.80. The highest BCUT2D eigenvalue weighted by atomic mass is 79.9. The molecule has 1 heterocycles. The minimum atomic E-state index is 0.218. The van der Waals surface area contributed by atoms with Crippen LogP contribution in [0.3, 0.4) is 0 Å². The monoisotopic (exact) mass is 240 g/mol. The van der Waals surface area contributed by atoms with Gasteiger partial charge in [-0.05, 0) is 31.0 Å². The molecule has 0 aliphatic carbocycles. The van der Waals surface area contributed by atoms with E-state index in [9.17, 15) is 0 Å². The van der Waals surface area contributed by atoms with Crippen LogP contribution in [0, 0.1) is 13.8 Å². The van der Waals surface area contributed by atoms with Crippen LogP contribution in [0.4, 0.5) is 6.01 Å². The van der Waals surface area contributed by atoms with Crippen LogP contribution in [0.5, 0.6) is 0 Å². The van der Waals surface area contributed by atoms with Crippen molar-refractivity contribution in [1.82, 2.24) is 4.98 Å². The Morgan fingerprint density at radius 2 is 2.15 bits per heavy atom. The molecule has 0 spiro atoms. The van der Waals surface area contributed by atoms with Gasteiger partial charge >= 0.3 is 0 Å². The molecule has 0 unspecified atom stereocenters. The van der Waals surface area contributed by atoms with Crippen molar-refractivity contribution in [3.8, 4) is 0 Å². The van der Waals surface area contributed by atoms with Crippen molar-refractivity contribution in [2.75, 3.05) is 5.73 Å². The first kappa shape index (κ1) is 8.56. The van der Waals surface area contributed by atoms with Gasteiger partial charge in [-0.25, -0.2) is 0 Å². The number of fused-ring (bicyclic) bond motifs is 1. The summed E-state index contributed by atoms with van der Waals surface area (Å²) in [6, 6.07) is 2.14. The van der Waals surface area contributed by atoms with Gasteiger partial charge in [-0.3, -0.25) is 0 Å². The highest BCUT2D eigenvalue weighted by molar-refractivity contribution is 9.10. The molecule has 1 aromatic carbocycles. The summed E-state index contributed by atoms with van der Waals surface area (Å²) in [5.41, 5.74) is 9.23. The van der Waals surface area contributed by atoms with E-state index in [1.807, 2.05) is 19.9 Å². The predicted octanol–water partition coefficient (Wildman–Crippen LogP) is 2.79. The number of nitrogens with zero attached hydrogens (tertiary/aromatic N) is 1. The first-order valence-corrected chi connectivity index (χ1v) is 4.70. The molecule has 2 aromatic rings. The van der Waals surface area contributed by atoms with Crippen molar-refractivity contribution in [3.05, 3.63) is 21.7 Å². The second-order valence-electron chi connectivity index (χ2n) is 3.03. The third kappa shape index (κ3) is 1.21. The highest BCUT2D eigenvalue weighted by Crippen LogP contribution is 2.29. The first-order chi connectivity index (χ1) is 6.09. The topological polar surface area (TPSA) is 52.0 Å². The summed E-state index contributed by atoms with van der Waals surface area (Å²) in [5.74, 6) is 0. The lowest BCUT2D eigenvalue weighted by atomic mass is 10.1. The average Bonchev–Trinajstić information content (AvgIpc) is 2.42. The number of benzene rings is 1. The molecule has 0 saturated carbocycles. The van der Waals surface area contributed by atoms with Crippen LogP contribution in [0.1, 0.15) is 11.1 Å². The lowest BCUT2D eigenvalue weighted by molar-refractivity contribution is 0.626. The lowest BCUT2D eigenvalue weighted by Crippen LogP contribution is -1.84. The average molecular weight is 241 g/mol. The minimum absolute atomic E-state index is 0.218. The van der Waals surface area contributed by atoms with Gasteiger partial charge in [0.05, 0.1) is 0 Å². The van der Waals surface area contributed by atoms with E-state index in [-0.39, 0.29) is 6.01 Å². The summed E-state index contributed by atoms with van der Waals surface area (Å²) in [4.78, 5) is 4.10. The van der Waals surface area contributed by atoms with Crippen molar-refractivity contribution in [2.24, 2.45) is 0 Å². The van der Waals surface area contributed by atoms with Crippen LogP contribution in [-0.4, -0.2) is 4.98 Å². The van der Waals surface area contributed by atoms with Gasteiger partial charge in [0.2, 0.25) is 0 Å². The Bertz CT molecular complexity index is 476. The van der Waals surface area contributed by atoms with Crippen molar-refractivity contribution >= 4 is 33.0 Å². The van der Waals surface area contributed by atoms with E-state index >= 15 is 0 Å². The zero-order valence-electron chi connectivity index (χ0n) is 7.39. The number of halogens is 1. The number of nitrogen functional groups attached to an aromatic ring is 1. The molecule has 0 bridgehead atoms. The van der Waals surface area contributed by atoms with Crippen LogP contribution in [0.25, 0.3) is 11.1 Å². The van der Waals surface area contributed by atoms with Gasteiger partial charge in [0.25, 0.3) is 6.01 Å². The Balaban J connectivity index is 2.92. The number of hydrogen-bond acceptors (Lipinski definition) is 3. The second kappa shape index (κ2) is 2.73. The number of oxazole rings is 1. The van der Waals surface area contributed by atoms with E-state index in [0.717, 1.165) is 26.7 Å². The molecule has 0 fully saturated rings. The maximum absolute atomic E-state index is 5.47. The van der Waals surface area contributed by atoms with Crippen LogP contribution >= 0.6 is 15.9 Å². The maximum atomic E-state index is 5.47. The van der Waals surface area contributed by atoms with Crippen LogP contribution < -0.4 is 5.73 Å². The zero-order chi connectivity index (χ0) is 9.59. The predicted molar refractivity (Wildman–Crippen MR) is 55.6 cm³/mol. The van der Waals surface area contributed by atoms with Crippen LogP contribution in [-0.2, 0) is 0 Å². The van der Waals surface area contributed by atoms with E-state index in [1.165, 1.54) is 0 Å². The van der Waals surface area contributed by atoms with Crippen molar-refractivity contribution < 1.29 is 4.42 Å². The molecular weight excluding hydrogens is 232 g/mol. The van der Waals surface area contributed by atoms with Crippen molar-refractivity contribution in [3.63, 3.8) is 0 Å². The van der Waals surface area contributed by atoms with Crippen LogP contribution in [0.2, 0.25) is 0 Å². The molecule has 4 heteroatoms. The van der Waals surface area contributed by atoms with Gasteiger partial charge in [-0.2, -0.15) is 4.98 Å². The lowest BCUT2D eigenvalue weighted by Gasteiger charge is -2.01. The van der Waals surface area contributed by atoms with E-state index in [1.54, 1.807) is 0 Å². The largest absolute Gasteiger partial charge is 0.424 e. The number of aromatic nitrogens is 1. The number of nitrogens with two attached hydrogens (primary N) is 1. The molecule has 0 aliphatic rings. The Labute approximate surface area is 84.1 Å². The molecule has 13 heavy (non-hydrogen) atoms. The molecule has 2 rings (SSSR count). The molecule has 0 amide bonds. The Morgan fingerprint density at radius 3 is 2.85 bits per heavy atom. The minimum Gasteiger partial charge on any atom is -0.424 e. The normalized spacial score (nSPS) is 11.0. The van der Waals surface area contributed by atoms with Gasteiger partial charge in [-0.15, -0.1) is 0 Å². The van der Waals surface area contributed by atoms with E-state index < -0.39 is 0 Å². The smallest absolute Gasteiger partial charge is 0.292 e. The molecule has 0 aliphatic heterocycles. The quantitative estimate of drug-likeness (QED) is 0.771. The SMILES string of the molecule is Cc1cc2oc(N)nc2c(C)c1Br. The highest BCUT2D eigenvalue weighted by Gasteiger charge is 2.10. The number of rotatable bonds is 0. The molecule has 3 nitrogen and oxygen atoms in total. The fourth-order valence-electron chi connectivity index (χ4n) is 1.38. The third-order valence-electron chi connectivity index (χ3n) is 2.05. The second-order valence-corrected chi connectivity index (χ2v) is 3.82. The molecule has 0 atom stereocenters. The molecule has 2 N–H and O–H groups in total. The zero-order valence-corrected chi connectivity index (χ0v) is 8.97. The number of hydrogen-bond donors (Lipinski definition) is 1. The van der Waals surface area contributed by atoms with E-state index in [4.69, 9.17) is 10.2 Å². The first-order valence-electron chi connectivity index (χ1n) is 3.91. The molecular formula is C9H9BrN2O. The third-order valence-corrected chi connectivity index (χ3v) is 3.27. The fourth-order valence-corrected chi connectivity index (χ4v) is 1.68. The number of anilines is 1. The standard InChI is InChI=1S/C9H9BrN2O/c1-4-3-6-8(5(2)7(4)10)12-9(11)13-6/h3H,1-2H3,(H2,11,12). The number of aryl methyl sites for hydroxylation is 2. The summed E-state index contributed by atoms with van der Waals surface area (Å²) >= 11 is 3.49. The van der Waals surface area contributed by atoms with E-state index in [0.29, 0.717) is 0 Å². The summed E-state index contributed by atoms with van der Waals surface area (Å²) in [6.07, 6.45) is 0. The summed E-state index contributed by atoms with van der Waals surface area (Å²) in [7, 11) is 0. The Morgan fingerprint density at radius 1 is 1.46 bits per heavy atom. The molecule has 68 valence electrons. The van der Waals surface area contributed by atoms with Gasteiger partial charge in [0, 0.05) is 4.47 Å². The van der Waals surface area contributed by atoms with E-state index in [2.05, 4.69) is 20.9 Å². The fraction of sp³-hybridized carbons (Fsp3) is 0.222. The summed E-state index contributed by atoms with van der Waals surface area (Å²) in [5, 5.41) is 0. The Hall–Kier alpha value is -1.03. The maximum Gasteiger partial charge on any atom is 0.292 e. The molecule has 1 aromatic heterocycles. The van der Waals surface area contributed by atoms with Gasteiger partial charge in [0.15, 0.2) is 5.58 Å². The van der Waals surface area contributed by atoms with Gasteiger partial charge in [-0.1, -0.05) is 15.9 Å². The summed E-state index contributed by atoms with van der Waals surface area (Å²) in [6.45, 7) is 4.00. The van der Waals surface area contributed by atoms with Crippen LogP contribution in [0.15, 0.2) is 15.0 Å². The summed E-state index contributed by atoms with van der Waals surface area (Å²) < 4.78 is 6.29. The van der Waals surface area contributed by atoms with Gasteiger partial charge < -0.3 is 10.2 Å². The van der Waals surface area contributed by atoms with Crippen molar-refractivity contribution in [2.45, 2.75) is 13.8 Å². The molecule has 0 radical (unpaired) electrons. The van der Waals surface area contributed by atoms with Gasteiger partial charge in [0.1, 0.15) is 5.52 Å².